The van der Waals surface area contributed by atoms with Gasteiger partial charge in [0.25, 0.3) is 0 Å². The molecule has 4 atom stereocenters. The lowest BCUT2D eigenvalue weighted by molar-refractivity contribution is -0.143. The number of amides is 2. The zero-order valence-corrected chi connectivity index (χ0v) is 10.2. The Morgan fingerprint density at radius 2 is 1.53 bits per heavy atom. The van der Waals surface area contributed by atoms with E-state index >= 15 is 0 Å². The first kappa shape index (κ1) is 10.9. The van der Waals surface area contributed by atoms with Gasteiger partial charge in [0, 0.05) is 0 Å². The van der Waals surface area contributed by atoms with Gasteiger partial charge in [0.1, 0.15) is 0 Å². The van der Waals surface area contributed by atoms with E-state index in [4.69, 9.17) is 4.74 Å². The number of hydrogen-bond donors (Lipinski definition) is 0. The van der Waals surface area contributed by atoms with Gasteiger partial charge in [-0.25, -0.2) is 0 Å². The fourth-order valence-electron chi connectivity index (χ4n) is 3.29. The molecule has 3 heterocycles. The zero-order chi connectivity index (χ0) is 13.0. The van der Waals surface area contributed by atoms with E-state index in [9.17, 15) is 9.59 Å². The number of benzene rings is 1. The van der Waals surface area contributed by atoms with Gasteiger partial charge >= 0.3 is 0 Å². The van der Waals surface area contributed by atoms with E-state index in [1.54, 1.807) is 0 Å². The van der Waals surface area contributed by atoms with Crippen molar-refractivity contribution in [2.75, 3.05) is 0 Å². The molecule has 4 unspecified atom stereocenters. The molecule has 96 valence electrons. The first-order valence-corrected chi connectivity index (χ1v) is 6.48. The Kier molecular flexibility index (Phi) is 2.17. The number of likely N-dealkylation sites (tertiary alicyclic amines) is 1. The third-order valence-corrected chi connectivity index (χ3v) is 4.19. The van der Waals surface area contributed by atoms with E-state index < -0.39 is 0 Å². The number of hydrogen-bond acceptors (Lipinski definition) is 3. The van der Waals surface area contributed by atoms with Gasteiger partial charge in [-0.3, -0.25) is 14.5 Å². The number of nitrogens with zero attached hydrogens (tertiary/aromatic N) is 1. The SMILES string of the molecule is O=C1C2C3C=CC(O3)C2C(=O)N1Cc1ccccc1. The zero-order valence-electron chi connectivity index (χ0n) is 10.2. The monoisotopic (exact) mass is 255 g/mol. The number of carbonyl (C=O) groups excluding carboxylic acids is 2. The van der Waals surface area contributed by atoms with Crippen LogP contribution in [0.2, 0.25) is 0 Å². The Morgan fingerprint density at radius 3 is 2.11 bits per heavy atom. The third kappa shape index (κ3) is 1.43. The molecule has 0 spiro atoms. The molecule has 4 heteroatoms. The highest BCUT2D eigenvalue weighted by molar-refractivity contribution is 6.06. The second-order valence-corrected chi connectivity index (χ2v) is 5.25. The van der Waals surface area contributed by atoms with Crippen LogP contribution in [-0.2, 0) is 20.9 Å². The second kappa shape index (κ2) is 3.78. The Labute approximate surface area is 110 Å². The molecule has 19 heavy (non-hydrogen) atoms. The average Bonchev–Trinajstić information content (AvgIpc) is 3.10. The van der Waals surface area contributed by atoms with Gasteiger partial charge in [0.2, 0.25) is 11.8 Å². The molecule has 2 fully saturated rings. The smallest absolute Gasteiger partial charge is 0.236 e. The summed E-state index contributed by atoms with van der Waals surface area (Å²) in [6, 6.07) is 9.60. The number of rotatable bonds is 2. The summed E-state index contributed by atoms with van der Waals surface area (Å²) in [6.07, 6.45) is 3.41. The molecule has 1 aromatic rings. The van der Waals surface area contributed by atoms with E-state index in [0.717, 1.165) is 5.56 Å². The summed E-state index contributed by atoms with van der Waals surface area (Å²) in [5.41, 5.74) is 0.977. The first-order valence-electron chi connectivity index (χ1n) is 6.48. The summed E-state index contributed by atoms with van der Waals surface area (Å²) in [5, 5.41) is 0. The van der Waals surface area contributed by atoms with Crippen molar-refractivity contribution in [2.24, 2.45) is 11.8 Å². The number of imide groups is 1. The average molecular weight is 255 g/mol. The molecule has 4 rings (SSSR count). The maximum absolute atomic E-state index is 12.4. The minimum absolute atomic E-state index is 0.0873. The molecule has 0 N–H and O–H groups in total. The van der Waals surface area contributed by atoms with Crippen LogP contribution in [0.25, 0.3) is 0 Å². The van der Waals surface area contributed by atoms with Gasteiger partial charge in [-0.2, -0.15) is 0 Å². The molecular formula is C15H13NO3. The van der Waals surface area contributed by atoms with Crippen LogP contribution in [0.4, 0.5) is 0 Å². The van der Waals surface area contributed by atoms with Crippen LogP contribution in [0, 0.1) is 11.8 Å². The van der Waals surface area contributed by atoms with Crippen molar-refractivity contribution in [1.82, 2.24) is 4.90 Å². The second-order valence-electron chi connectivity index (χ2n) is 5.25. The normalized spacial score (nSPS) is 35.3. The highest BCUT2D eigenvalue weighted by Crippen LogP contribution is 2.45. The van der Waals surface area contributed by atoms with Crippen LogP contribution in [0.1, 0.15) is 5.56 Å². The first-order chi connectivity index (χ1) is 9.25. The Bertz CT molecular complexity index is 550. The summed E-state index contributed by atoms with van der Waals surface area (Å²) in [4.78, 5) is 26.2. The number of ether oxygens (including phenoxy) is 1. The van der Waals surface area contributed by atoms with E-state index in [2.05, 4.69) is 0 Å². The van der Waals surface area contributed by atoms with Crippen molar-refractivity contribution >= 4 is 11.8 Å². The Hall–Kier alpha value is -1.94. The fraction of sp³-hybridized carbons (Fsp3) is 0.333. The van der Waals surface area contributed by atoms with Crippen LogP contribution >= 0.6 is 0 Å². The molecule has 0 aromatic heterocycles. The number of fused-ring (bicyclic) bond motifs is 5. The highest BCUT2D eigenvalue weighted by atomic mass is 16.5. The molecule has 0 saturated carbocycles. The van der Waals surface area contributed by atoms with Crippen LogP contribution in [0.15, 0.2) is 42.5 Å². The largest absolute Gasteiger partial charge is 0.365 e. The predicted molar refractivity (Wildman–Crippen MR) is 66.8 cm³/mol. The lowest BCUT2D eigenvalue weighted by Gasteiger charge is -2.17. The standard InChI is InChI=1S/C15H13NO3/c17-14-12-10-6-7-11(19-10)13(12)15(18)16(14)8-9-4-2-1-3-5-9/h1-7,10-13H,8H2. The lowest BCUT2D eigenvalue weighted by Crippen LogP contribution is -2.33. The molecule has 2 saturated heterocycles. The van der Waals surface area contributed by atoms with Crippen molar-refractivity contribution in [2.45, 2.75) is 18.8 Å². The quantitative estimate of drug-likeness (QED) is 0.588. The molecule has 3 aliphatic heterocycles. The summed E-state index contributed by atoms with van der Waals surface area (Å²) in [7, 11) is 0. The summed E-state index contributed by atoms with van der Waals surface area (Å²) < 4.78 is 5.60. The van der Waals surface area contributed by atoms with E-state index in [-0.39, 0.29) is 35.9 Å². The topological polar surface area (TPSA) is 46.6 Å². The van der Waals surface area contributed by atoms with Crippen molar-refractivity contribution in [3.63, 3.8) is 0 Å². The van der Waals surface area contributed by atoms with Gasteiger partial charge in [-0.1, -0.05) is 42.5 Å². The van der Waals surface area contributed by atoms with Crippen molar-refractivity contribution in [3.05, 3.63) is 48.0 Å². The van der Waals surface area contributed by atoms with Crippen molar-refractivity contribution < 1.29 is 14.3 Å². The summed E-state index contributed by atoms with van der Waals surface area (Å²) >= 11 is 0. The maximum atomic E-state index is 12.4. The van der Waals surface area contributed by atoms with Crippen LogP contribution in [0.5, 0.6) is 0 Å². The minimum atomic E-state index is -0.300. The molecule has 0 radical (unpaired) electrons. The summed E-state index contributed by atoms with van der Waals surface area (Å²) in [6.45, 7) is 0.366. The van der Waals surface area contributed by atoms with Gasteiger partial charge in [-0.05, 0) is 5.56 Å². The number of carbonyl (C=O) groups is 2. The highest BCUT2D eigenvalue weighted by Gasteiger charge is 2.60. The van der Waals surface area contributed by atoms with Crippen LogP contribution < -0.4 is 0 Å². The van der Waals surface area contributed by atoms with Gasteiger partial charge < -0.3 is 4.74 Å². The molecule has 2 bridgehead atoms. The molecule has 2 amide bonds. The van der Waals surface area contributed by atoms with E-state index in [0.29, 0.717) is 6.54 Å². The molecule has 4 nitrogen and oxygen atoms in total. The Morgan fingerprint density at radius 1 is 0.947 bits per heavy atom. The lowest BCUT2D eigenvalue weighted by atomic mass is 9.85. The fourth-order valence-corrected chi connectivity index (χ4v) is 3.29. The van der Waals surface area contributed by atoms with Crippen molar-refractivity contribution in [1.29, 1.82) is 0 Å². The predicted octanol–water partition coefficient (Wildman–Crippen LogP) is 1.12. The van der Waals surface area contributed by atoms with E-state index in [1.165, 1.54) is 4.90 Å². The van der Waals surface area contributed by atoms with Crippen LogP contribution in [0.3, 0.4) is 0 Å². The third-order valence-electron chi connectivity index (χ3n) is 4.19. The molecular weight excluding hydrogens is 242 g/mol. The summed E-state index contributed by atoms with van der Waals surface area (Å²) in [5.74, 6) is -0.774. The van der Waals surface area contributed by atoms with E-state index in [1.807, 2.05) is 42.5 Å². The molecule has 3 aliphatic rings. The molecule has 0 aliphatic carbocycles. The van der Waals surface area contributed by atoms with Crippen molar-refractivity contribution in [3.8, 4) is 0 Å². The van der Waals surface area contributed by atoms with Gasteiger partial charge in [-0.15, -0.1) is 0 Å². The van der Waals surface area contributed by atoms with Gasteiger partial charge in [0.15, 0.2) is 0 Å². The van der Waals surface area contributed by atoms with Crippen LogP contribution in [-0.4, -0.2) is 28.9 Å². The Balaban J connectivity index is 1.62. The minimum Gasteiger partial charge on any atom is -0.365 e. The van der Waals surface area contributed by atoms with Gasteiger partial charge in [0.05, 0.1) is 30.6 Å². The molecule has 1 aromatic carbocycles. The maximum Gasteiger partial charge on any atom is 0.236 e.